The maximum Gasteiger partial charge on any atom is 0.237 e. The number of amides is 1. The molecule has 3 atom stereocenters. The fourth-order valence-corrected chi connectivity index (χ4v) is 3.99. The number of benzene rings is 2. The molecule has 156 valence electrons. The summed E-state index contributed by atoms with van der Waals surface area (Å²) in [5, 5.41) is 12.4. The Morgan fingerprint density at radius 3 is 2.59 bits per heavy atom. The summed E-state index contributed by atoms with van der Waals surface area (Å²) < 4.78 is 5.86. The van der Waals surface area contributed by atoms with E-state index in [2.05, 4.69) is 17.1 Å². The Bertz CT molecular complexity index is 763. The van der Waals surface area contributed by atoms with Crippen LogP contribution in [-0.4, -0.2) is 41.1 Å². The first-order chi connectivity index (χ1) is 14.1. The molecule has 2 N–H and O–H groups in total. The third kappa shape index (κ3) is 5.81. The van der Waals surface area contributed by atoms with E-state index in [1.54, 1.807) is 0 Å². The van der Waals surface area contributed by atoms with Crippen LogP contribution in [-0.2, 0) is 11.4 Å². The van der Waals surface area contributed by atoms with Crippen LogP contribution in [0.15, 0.2) is 54.6 Å². The number of ether oxygens (including phenoxy) is 1. The number of piperidine rings is 1. The topological polar surface area (TPSA) is 61.8 Å². The Morgan fingerprint density at radius 2 is 1.90 bits per heavy atom. The Kier molecular flexibility index (Phi) is 7.67. The first-order valence-electron chi connectivity index (χ1n) is 10.5. The molecule has 2 aromatic carbocycles. The smallest absolute Gasteiger partial charge is 0.237 e. The summed E-state index contributed by atoms with van der Waals surface area (Å²) in [6.45, 7) is 5.52. The summed E-state index contributed by atoms with van der Waals surface area (Å²) in [5.74, 6) is 0.938. The number of likely N-dealkylation sites (tertiary alicyclic amines) is 1. The number of aliphatic hydroxyl groups is 1. The average molecular weight is 397 g/mol. The highest BCUT2D eigenvalue weighted by Gasteiger charge is 2.33. The highest BCUT2D eigenvalue weighted by Crippen LogP contribution is 2.24. The van der Waals surface area contributed by atoms with E-state index in [-0.39, 0.29) is 24.6 Å². The van der Waals surface area contributed by atoms with Crippen LogP contribution in [0, 0.1) is 0 Å². The highest BCUT2D eigenvalue weighted by molar-refractivity contribution is 5.82. The summed E-state index contributed by atoms with van der Waals surface area (Å²) in [6.07, 6.45) is 3.04. The third-order valence-corrected chi connectivity index (χ3v) is 5.75. The molecule has 1 heterocycles. The Morgan fingerprint density at radius 1 is 1.17 bits per heavy atom. The molecule has 0 radical (unpaired) electrons. The van der Waals surface area contributed by atoms with E-state index < -0.39 is 0 Å². The fraction of sp³-hybridized carbons (Fsp3) is 0.458. The lowest BCUT2D eigenvalue weighted by Gasteiger charge is -2.40. The minimum atomic E-state index is -0.128. The second kappa shape index (κ2) is 10.4. The molecule has 0 saturated carbocycles. The summed E-state index contributed by atoms with van der Waals surface area (Å²) in [7, 11) is 0. The van der Waals surface area contributed by atoms with Crippen molar-refractivity contribution in [3.63, 3.8) is 0 Å². The summed E-state index contributed by atoms with van der Waals surface area (Å²) in [6, 6.07) is 17.7. The quantitative estimate of drug-likeness (QED) is 0.715. The van der Waals surface area contributed by atoms with Crippen molar-refractivity contribution in [2.24, 2.45) is 0 Å². The number of hydrogen-bond donors (Lipinski definition) is 2. The van der Waals surface area contributed by atoms with Crippen molar-refractivity contribution < 1.29 is 14.6 Å². The molecule has 2 aromatic rings. The van der Waals surface area contributed by atoms with E-state index in [0.29, 0.717) is 12.6 Å². The van der Waals surface area contributed by atoms with Gasteiger partial charge >= 0.3 is 0 Å². The molecule has 0 bridgehead atoms. The number of hydrogen-bond acceptors (Lipinski definition) is 4. The zero-order valence-electron chi connectivity index (χ0n) is 17.4. The van der Waals surface area contributed by atoms with Gasteiger partial charge < -0.3 is 15.2 Å². The molecule has 1 amide bonds. The minimum Gasteiger partial charge on any atom is -0.492 e. The molecule has 5 heteroatoms. The first kappa shape index (κ1) is 21.3. The minimum absolute atomic E-state index is 0.0288. The molecule has 0 spiro atoms. The summed E-state index contributed by atoms with van der Waals surface area (Å²) >= 11 is 0. The SMILES string of the molecule is C[C@H](NC(=O)[C@@H]1CCC[C@H](C)N1CCOc1ccccc1)c1ccc(CO)cc1. The van der Waals surface area contributed by atoms with Gasteiger partial charge in [-0.1, -0.05) is 42.5 Å². The number of para-hydroxylation sites is 1. The van der Waals surface area contributed by atoms with Crippen molar-refractivity contribution in [2.45, 2.75) is 57.8 Å². The largest absolute Gasteiger partial charge is 0.492 e. The van der Waals surface area contributed by atoms with Crippen LogP contribution in [0.4, 0.5) is 0 Å². The predicted octanol–water partition coefficient (Wildman–Crippen LogP) is 3.68. The van der Waals surface area contributed by atoms with E-state index in [0.717, 1.165) is 42.7 Å². The maximum absolute atomic E-state index is 13.1. The van der Waals surface area contributed by atoms with Gasteiger partial charge in [-0.2, -0.15) is 0 Å². The van der Waals surface area contributed by atoms with Gasteiger partial charge in [0, 0.05) is 12.6 Å². The Hall–Kier alpha value is -2.37. The van der Waals surface area contributed by atoms with Gasteiger partial charge in [-0.15, -0.1) is 0 Å². The van der Waals surface area contributed by atoms with Crippen molar-refractivity contribution in [1.29, 1.82) is 0 Å². The van der Waals surface area contributed by atoms with E-state index in [4.69, 9.17) is 4.74 Å². The number of carbonyl (C=O) groups excluding carboxylic acids is 1. The van der Waals surface area contributed by atoms with Crippen LogP contribution in [0.2, 0.25) is 0 Å². The van der Waals surface area contributed by atoms with Gasteiger partial charge in [0.05, 0.1) is 18.7 Å². The number of nitrogens with zero attached hydrogens (tertiary/aromatic N) is 1. The normalized spacial score (nSPS) is 20.8. The van der Waals surface area contributed by atoms with Crippen molar-refractivity contribution >= 4 is 5.91 Å². The average Bonchev–Trinajstić information content (AvgIpc) is 2.75. The van der Waals surface area contributed by atoms with Gasteiger partial charge in [-0.05, 0) is 56.4 Å². The lowest BCUT2D eigenvalue weighted by Crippen LogP contribution is -2.54. The predicted molar refractivity (Wildman–Crippen MR) is 115 cm³/mol. The molecule has 1 saturated heterocycles. The molecule has 1 aliphatic heterocycles. The number of aliphatic hydroxyl groups excluding tert-OH is 1. The van der Waals surface area contributed by atoms with Gasteiger partial charge in [0.25, 0.3) is 0 Å². The zero-order chi connectivity index (χ0) is 20.6. The second-order valence-corrected chi connectivity index (χ2v) is 7.83. The lowest BCUT2D eigenvalue weighted by atomic mass is 9.95. The highest BCUT2D eigenvalue weighted by atomic mass is 16.5. The van der Waals surface area contributed by atoms with Crippen molar-refractivity contribution in [1.82, 2.24) is 10.2 Å². The van der Waals surface area contributed by atoms with Gasteiger partial charge in [-0.3, -0.25) is 9.69 Å². The van der Waals surface area contributed by atoms with Gasteiger partial charge in [-0.25, -0.2) is 0 Å². The molecule has 3 rings (SSSR count). The van der Waals surface area contributed by atoms with Crippen LogP contribution < -0.4 is 10.1 Å². The van der Waals surface area contributed by atoms with Crippen LogP contribution in [0.1, 0.15) is 50.3 Å². The van der Waals surface area contributed by atoms with E-state index >= 15 is 0 Å². The van der Waals surface area contributed by atoms with Gasteiger partial charge in [0.1, 0.15) is 12.4 Å². The molecule has 0 unspecified atom stereocenters. The van der Waals surface area contributed by atoms with Crippen LogP contribution >= 0.6 is 0 Å². The Balaban J connectivity index is 1.58. The van der Waals surface area contributed by atoms with Gasteiger partial charge in [0.15, 0.2) is 0 Å². The van der Waals surface area contributed by atoms with Crippen molar-refractivity contribution in [3.05, 3.63) is 65.7 Å². The lowest BCUT2D eigenvalue weighted by molar-refractivity contribution is -0.129. The zero-order valence-corrected chi connectivity index (χ0v) is 17.4. The van der Waals surface area contributed by atoms with E-state index in [1.807, 2.05) is 61.5 Å². The third-order valence-electron chi connectivity index (χ3n) is 5.75. The molecule has 1 aliphatic rings. The maximum atomic E-state index is 13.1. The van der Waals surface area contributed by atoms with Crippen molar-refractivity contribution in [2.75, 3.05) is 13.2 Å². The van der Waals surface area contributed by atoms with E-state index in [9.17, 15) is 9.90 Å². The second-order valence-electron chi connectivity index (χ2n) is 7.83. The molecule has 0 aliphatic carbocycles. The number of nitrogens with one attached hydrogen (secondary N) is 1. The van der Waals surface area contributed by atoms with Gasteiger partial charge in [0.2, 0.25) is 5.91 Å². The Labute approximate surface area is 173 Å². The number of carbonyl (C=O) groups is 1. The standard InChI is InChI=1S/C24H32N2O3/c1-18-7-6-10-23(26(18)15-16-29-22-8-4-3-5-9-22)24(28)25-19(2)21-13-11-20(17-27)12-14-21/h3-5,8-9,11-14,18-19,23,27H,6-7,10,15-17H2,1-2H3,(H,25,28)/t18-,19-,23-/m0/s1. The van der Waals surface area contributed by atoms with Crippen LogP contribution in [0.25, 0.3) is 0 Å². The molecule has 0 aromatic heterocycles. The monoisotopic (exact) mass is 396 g/mol. The van der Waals surface area contributed by atoms with Crippen molar-refractivity contribution in [3.8, 4) is 5.75 Å². The van der Waals surface area contributed by atoms with Crippen LogP contribution in [0.5, 0.6) is 5.75 Å². The van der Waals surface area contributed by atoms with Crippen LogP contribution in [0.3, 0.4) is 0 Å². The number of rotatable bonds is 8. The van der Waals surface area contributed by atoms with E-state index in [1.165, 1.54) is 0 Å². The fourth-order valence-electron chi connectivity index (χ4n) is 3.99. The molecular formula is C24H32N2O3. The first-order valence-corrected chi connectivity index (χ1v) is 10.5. The molecule has 5 nitrogen and oxygen atoms in total. The molecule has 1 fully saturated rings. The summed E-state index contributed by atoms with van der Waals surface area (Å²) in [5.41, 5.74) is 1.91. The molecular weight excluding hydrogens is 364 g/mol. The summed E-state index contributed by atoms with van der Waals surface area (Å²) in [4.78, 5) is 15.3. The molecule has 29 heavy (non-hydrogen) atoms.